The lowest BCUT2D eigenvalue weighted by atomic mass is 9.90. The number of amides is 1. The SMILES string of the molecule is CCCCn1c(SCC(=O)NC(C)(C#N)C(C)C)nc2sc(C)c(C)c2c1=O. The fraction of sp³-hybridized carbons (Fsp3) is 0.600. The van der Waals surface area contributed by atoms with Crippen molar-refractivity contribution in [3.8, 4) is 6.07 Å². The topological polar surface area (TPSA) is 87.8 Å². The molecule has 0 aliphatic carbocycles. The first-order chi connectivity index (χ1) is 13.1. The average Bonchev–Trinajstić information content (AvgIpc) is 2.93. The molecule has 0 aliphatic heterocycles. The van der Waals surface area contributed by atoms with Crippen molar-refractivity contribution in [2.24, 2.45) is 5.92 Å². The Labute approximate surface area is 174 Å². The van der Waals surface area contributed by atoms with Gasteiger partial charge in [-0.2, -0.15) is 5.26 Å². The molecular weight excluding hydrogens is 392 g/mol. The van der Waals surface area contributed by atoms with Gasteiger partial charge in [-0.25, -0.2) is 4.98 Å². The Morgan fingerprint density at radius 2 is 2.11 bits per heavy atom. The Morgan fingerprint density at radius 3 is 2.68 bits per heavy atom. The number of carbonyl (C=O) groups excluding carboxylic acids is 1. The molecule has 0 fully saturated rings. The molecule has 1 unspecified atom stereocenters. The molecule has 2 aromatic heterocycles. The Balaban J connectivity index is 2.32. The first-order valence-corrected chi connectivity index (χ1v) is 11.3. The lowest BCUT2D eigenvalue weighted by Crippen LogP contribution is -2.49. The number of nitrogens with one attached hydrogen (secondary N) is 1. The Kier molecular flexibility index (Phi) is 7.29. The van der Waals surface area contributed by atoms with Gasteiger partial charge in [0.05, 0.1) is 17.2 Å². The van der Waals surface area contributed by atoms with Crippen molar-refractivity contribution in [1.29, 1.82) is 5.26 Å². The molecule has 0 radical (unpaired) electrons. The number of hydrogen-bond acceptors (Lipinski definition) is 6. The summed E-state index contributed by atoms with van der Waals surface area (Å²) in [6, 6.07) is 2.18. The van der Waals surface area contributed by atoms with Crippen LogP contribution in [-0.4, -0.2) is 26.8 Å². The van der Waals surface area contributed by atoms with Gasteiger partial charge < -0.3 is 5.32 Å². The second-order valence-electron chi connectivity index (χ2n) is 7.47. The molecule has 0 saturated heterocycles. The monoisotopic (exact) mass is 420 g/mol. The molecule has 8 heteroatoms. The fourth-order valence-electron chi connectivity index (χ4n) is 2.69. The largest absolute Gasteiger partial charge is 0.337 e. The number of nitriles is 1. The van der Waals surface area contributed by atoms with Crippen LogP contribution in [-0.2, 0) is 11.3 Å². The second-order valence-corrected chi connectivity index (χ2v) is 9.62. The summed E-state index contributed by atoms with van der Waals surface area (Å²) in [7, 11) is 0. The lowest BCUT2D eigenvalue weighted by Gasteiger charge is -2.27. The van der Waals surface area contributed by atoms with Crippen LogP contribution < -0.4 is 10.9 Å². The zero-order valence-corrected chi connectivity index (χ0v) is 19.0. The summed E-state index contributed by atoms with van der Waals surface area (Å²) in [5.74, 6) is -0.143. The van der Waals surface area contributed by atoms with Gasteiger partial charge in [0, 0.05) is 11.4 Å². The number of rotatable bonds is 8. The number of aromatic nitrogens is 2. The highest BCUT2D eigenvalue weighted by Gasteiger charge is 2.30. The van der Waals surface area contributed by atoms with E-state index in [-0.39, 0.29) is 23.1 Å². The molecule has 0 aromatic carbocycles. The van der Waals surface area contributed by atoms with Crippen LogP contribution in [0.2, 0.25) is 0 Å². The smallest absolute Gasteiger partial charge is 0.263 e. The molecule has 6 nitrogen and oxygen atoms in total. The van der Waals surface area contributed by atoms with E-state index in [0.29, 0.717) is 17.1 Å². The van der Waals surface area contributed by atoms with E-state index in [1.807, 2.05) is 27.7 Å². The van der Waals surface area contributed by atoms with E-state index in [1.54, 1.807) is 11.5 Å². The molecule has 152 valence electrons. The quantitative estimate of drug-likeness (QED) is 0.515. The van der Waals surface area contributed by atoms with Gasteiger partial charge in [0.25, 0.3) is 5.56 Å². The van der Waals surface area contributed by atoms with Gasteiger partial charge in [0.1, 0.15) is 10.4 Å². The van der Waals surface area contributed by atoms with E-state index in [4.69, 9.17) is 4.98 Å². The van der Waals surface area contributed by atoms with Gasteiger partial charge in [-0.15, -0.1) is 11.3 Å². The number of thioether (sulfide) groups is 1. The summed E-state index contributed by atoms with van der Waals surface area (Å²) in [4.78, 5) is 32.0. The number of fused-ring (bicyclic) bond motifs is 1. The molecule has 1 amide bonds. The lowest BCUT2D eigenvalue weighted by molar-refractivity contribution is -0.120. The van der Waals surface area contributed by atoms with Gasteiger partial charge in [0.2, 0.25) is 5.91 Å². The molecule has 1 atom stereocenters. The number of thiophene rings is 1. The normalized spacial score (nSPS) is 13.5. The van der Waals surface area contributed by atoms with Gasteiger partial charge in [-0.05, 0) is 38.7 Å². The van der Waals surface area contributed by atoms with Crippen molar-refractivity contribution in [2.45, 2.75) is 71.6 Å². The molecule has 0 spiro atoms. The molecule has 2 rings (SSSR count). The number of nitrogens with zero attached hydrogens (tertiary/aromatic N) is 3. The maximum atomic E-state index is 13.1. The first-order valence-electron chi connectivity index (χ1n) is 9.50. The van der Waals surface area contributed by atoms with Crippen molar-refractivity contribution in [2.75, 3.05) is 5.75 Å². The van der Waals surface area contributed by atoms with Crippen LogP contribution in [0.15, 0.2) is 9.95 Å². The first kappa shape index (κ1) is 22.4. The summed E-state index contributed by atoms with van der Waals surface area (Å²) in [5.41, 5.74) is 0.0322. The maximum Gasteiger partial charge on any atom is 0.263 e. The fourth-order valence-corrected chi connectivity index (χ4v) is 4.59. The van der Waals surface area contributed by atoms with Gasteiger partial charge in [-0.1, -0.05) is 39.0 Å². The highest BCUT2D eigenvalue weighted by Crippen LogP contribution is 2.28. The van der Waals surface area contributed by atoms with E-state index < -0.39 is 5.54 Å². The predicted octanol–water partition coefficient (Wildman–Crippen LogP) is 4.02. The van der Waals surface area contributed by atoms with Crippen molar-refractivity contribution in [1.82, 2.24) is 14.9 Å². The molecule has 28 heavy (non-hydrogen) atoms. The third-order valence-corrected chi connectivity index (χ3v) is 7.19. The average molecular weight is 421 g/mol. The summed E-state index contributed by atoms with van der Waals surface area (Å²) < 4.78 is 1.69. The minimum absolute atomic E-state index is 0.0132. The summed E-state index contributed by atoms with van der Waals surface area (Å²) in [6.45, 7) is 12.1. The maximum absolute atomic E-state index is 13.1. The van der Waals surface area contributed by atoms with Crippen LogP contribution >= 0.6 is 23.1 Å². The van der Waals surface area contributed by atoms with Crippen molar-refractivity contribution in [3.63, 3.8) is 0 Å². The highest BCUT2D eigenvalue weighted by atomic mass is 32.2. The Morgan fingerprint density at radius 1 is 1.43 bits per heavy atom. The summed E-state index contributed by atoms with van der Waals surface area (Å²) in [5, 5.41) is 13.4. The van der Waals surface area contributed by atoms with Crippen molar-refractivity contribution in [3.05, 3.63) is 20.8 Å². The van der Waals surface area contributed by atoms with Crippen LogP contribution in [0, 0.1) is 31.1 Å². The summed E-state index contributed by atoms with van der Waals surface area (Å²) in [6.07, 6.45) is 1.83. The van der Waals surface area contributed by atoms with E-state index in [9.17, 15) is 14.9 Å². The number of hydrogen-bond donors (Lipinski definition) is 1. The Bertz CT molecular complexity index is 971. The van der Waals surface area contributed by atoms with Crippen LogP contribution in [0.5, 0.6) is 0 Å². The number of unbranched alkanes of at least 4 members (excludes halogenated alkanes) is 1. The van der Waals surface area contributed by atoms with Gasteiger partial charge in [0.15, 0.2) is 5.16 Å². The van der Waals surface area contributed by atoms with E-state index >= 15 is 0 Å². The third kappa shape index (κ3) is 4.58. The van der Waals surface area contributed by atoms with E-state index in [1.165, 1.54) is 23.1 Å². The predicted molar refractivity (Wildman–Crippen MR) is 116 cm³/mol. The van der Waals surface area contributed by atoms with Crippen LogP contribution in [0.1, 0.15) is 51.0 Å². The zero-order chi connectivity index (χ0) is 21.1. The van der Waals surface area contributed by atoms with Crippen molar-refractivity contribution >= 4 is 39.2 Å². The minimum Gasteiger partial charge on any atom is -0.337 e. The number of aryl methyl sites for hydroxylation is 2. The molecule has 0 saturated carbocycles. The zero-order valence-electron chi connectivity index (χ0n) is 17.4. The minimum atomic E-state index is -0.918. The highest BCUT2D eigenvalue weighted by molar-refractivity contribution is 7.99. The second kappa shape index (κ2) is 9.10. The molecule has 2 aromatic rings. The van der Waals surface area contributed by atoms with E-state index in [0.717, 1.165) is 28.1 Å². The van der Waals surface area contributed by atoms with Gasteiger partial charge >= 0.3 is 0 Å². The Hall–Kier alpha value is -1.85. The van der Waals surface area contributed by atoms with Crippen LogP contribution in [0.4, 0.5) is 0 Å². The van der Waals surface area contributed by atoms with Crippen LogP contribution in [0.25, 0.3) is 10.2 Å². The molecule has 0 aliphatic rings. The number of carbonyl (C=O) groups is 1. The third-order valence-electron chi connectivity index (χ3n) is 5.11. The molecular formula is C20H28N4O2S2. The standard InChI is InChI=1S/C20H28N4O2S2/c1-7-8-9-24-18(26)16-13(4)14(5)28-17(16)22-19(24)27-10-15(25)23-20(6,11-21)12(2)3/h12H,7-10H2,1-6H3,(H,23,25). The molecule has 1 N–H and O–H groups in total. The van der Waals surface area contributed by atoms with Crippen molar-refractivity contribution < 1.29 is 4.79 Å². The van der Waals surface area contributed by atoms with Crippen LogP contribution in [0.3, 0.4) is 0 Å². The summed E-state index contributed by atoms with van der Waals surface area (Å²) >= 11 is 2.76. The molecule has 2 heterocycles. The van der Waals surface area contributed by atoms with Gasteiger partial charge in [-0.3, -0.25) is 14.2 Å². The molecule has 0 bridgehead atoms. The van der Waals surface area contributed by atoms with E-state index in [2.05, 4.69) is 18.3 Å².